The van der Waals surface area contributed by atoms with Gasteiger partial charge in [-0.05, 0) is 13.3 Å². The fraction of sp³-hybridized carbons (Fsp3) is 0.875. The number of nitrogens with one attached hydrogen (secondary N) is 1. The summed E-state index contributed by atoms with van der Waals surface area (Å²) in [5.41, 5.74) is 5.33. The van der Waals surface area contributed by atoms with E-state index in [2.05, 4.69) is 5.32 Å². The molecule has 4 heteroatoms. The predicted octanol–water partition coefficient (Wildman–Crippen LogP) is -0.389. The van der Waals surface area contributed by atoms with Crippen molar-refractivity contribution in [1.82, 2.24) is 5.32 Å². The molecule has 2 atom stereocenters. The lowest BCUT2D eigenvalue weighted by Crippen LogP contribution is -2.45. The number of carbonyl (C=O) groups is 1. The van der Waals surface area contributed by atoms with Gasteiger partial charge in [-0.15, -0.1) is 0 Å². The molecule has 0 aliphatic rings. The maximum atomic E-state index is 11.0. The summed E-state index contributed by atoms with van der Waals surface area (Å²) in [5, 5.41) is 11.8. The van der Waals surface area contributed by atoms with Crippen molar-refractivity contribution in [1.29, 1.82) is 0 Å². The molecule has 0 aromatic rings. The highest BCUT2D eigenvalue weighted by molar-refractivity contribution is 5.81. The summed E-state index contributed by atoms with van der Waals surface area (Å²) in [6, 6.07) is -0.508. The molecular formula is C8H18N2O2. The van der Waals surface area contributed by atoms with Gasteiger partial charge in [0.1, 0.15) is 6.10 Å². The van der Waals surface area contributed by atoms with Gasteiger partial charge in [0.2, 0.25) is 5.91 Å². The molecule has 12 heavy (non-hydrogen) atoms. The van der Waals surface area contributed by atoms with E-state index in [9.17, 15) is 4.79 Å². The number of hydrogen-bond acceptors (Lipinski definition) is 3. The lowest BCUT2D eigenvalue weighted by molar-refractivity contribution is -0.130. The standard InChI is InChI=1S/C8H18N2O2/c1-3-4-5-10-8(12)7(11)6(2)9/h6-7,11H,3-5,9H2,1-2H3,(H,10,12)/t6-,7?/m0/s1. The van der Waals surface area contributed by atoms with Crippen LogP contribution in [0.4, 0.5) is 0 Å². The molecule has 0 aliphatic carbocycles. The average molecular weight is 174 g/mol. The zero-order valence-electron chi connectivity index (χ0n) is 7.71. The highest BCUT2D eigenvalue weighted by atomic mass is 16.3. The van der Waals surface area contributed by atoms with Crippen molar-refractivity contribution < 1.29 is 9.90 Å². The molecule has 4 nitrogen and oxygen atoms in total. The Balaban J connectivity index is 3.57. The van der Waals surface area contributed by atoms with Crippen LogP contribution in [0.3, 0.4) is 0 Å². The van der Waals surface area contributed by atoms with Crippen molar-refractivity contribution >= 4 is 5.91 Å². The van der Waals surface area contributed by atoms with Gasteiger partial charge in [0.25, 0.3) is 0 Å². The second-order valence-corrected chi connectivity index (χ2v) is 2.95. The van der Waals surface area contributed by atoms with Crippen molar-refractivity contribution in [2.75, 3.05) is 6.54 Å². The Morgan fingerprint density at radius 3 is 2.67 bits per heavy atom. The van der Waals surface area contributed by atoms with Crippen molar-refractivity contribution in [3.05, 3.63) is 0 Å². The molecule has 0 bridgehead atoms. The topological polar surface area (TPSA) is 75.3 Å². The third-order valence-electron chi connectivity index (χ3n) is 1.60. The normalized spacial score (nSPS) is 15.3. The molecule has 0 radical (unpaired) electrons. The number of rotatable bonds is 5. The predicted molar refractivity (Wildman–Crippen MR) is 47.6 cm³/mol. The Kier molecular flexibility index (Phi) is 5.66. The van der Waals surface area contributed by atoms with Crippen molar-refractivity contribution in [2.45, 2.75) is 38.8 Å². The van der Waals surface area contributed by atoms with Gasteiger partial charge in [-0.25, -0.2) is 0 Å². The maximum Gasteiger partial charge on any atom is 0.250 e. The molecule has 0 aromatic carbocycles. The van der Waals surface area contributed by atoms with E-state index in [0.29, 0.717) is 6.54 Å². The molecule has 72 valence electrons. The van der Waals surface area contributed by atoms with Crippen LogP contribution in [0, 0.1) is 0 Å². The van der Waals surface area contributed by atoms with E-state index in [1.54, 1.807) is 6.92 Å². The zero-order chi connectivity index (χ0) is 9.56. The van der Waals surface area contributed by atoms with Crippen LogP contribution in [0.1, 0.15) is 26.7 Å². The van der Waals surface area contributed by atoms with Gasteiger partial charge >= 0.3 is 0 Å². The number of aliphatic hydroxyl groups excluding tert-OH is 1. The molecule has 0 aliphatic heterocycles. The van der Waals surface area contributed by atoms with Crippen LogP contribution in [0.2, 0.25) is 0 Å². The average Bonchev–Trinajstić information content (AvgIpc) is 2.03. The molecule has 1 unspecified atom stereocenters. The van der Waals surface area contributed by atoms with E-state index < -0.39 is 12.1 Å². The summed E-state index contributed by atoms with van der Waals surface area (Å²) in [4.78, 5) is 11.0. The quantitative estimate of drug-likeness (QED) is 0.497. The molecule has 0 fully saturated rings. The first kappa shape index (κ1) is 11.4. The lowest BCUT2D eigenvalue weighted by Gasteiger charge is -2.13. The smallest absolute Gasteiger partial charge is 0.250 e. The molecule has 0 rings (SSSR count). The van der Waals surface area contributed by atoms with Crippen LogP contribution in [0.15, 0.2) is 0 Å². The highest BCUT2D eigenvalue weighted by Crippen LogP contribution is 1.89. The molecule has 0 spiro atoms. The molecule has 4 N–H and O–H groups in total. The molecule has 0 heterocycles. The SMILES string of the molecule is CCCCNC(=O)C(O)[C@H](C)N. The number of unbranched alkanes of at least 4 members (excludes halogenated alkanes) is 1. The minimum absolute atomic E-state index is 0.376. The van der Waals surface area contributed by atoms with Crippen molar-refractivity contribution in [3.63, 3.8) is 0 Å². The van der Waals surface area contributed by atoms with E-state index in [4.69, 9.17) is 10.8 Å². The summed E-state index contributed by atoms with van der Waals surface area (Å²) in [5.74, 6) is -0.376. The van der Waals surface area contributed by atoms with E-state index in [1.807, 2.05) is 6.92 Å². The summed E-state index contributed by atoms with van der Waals surface area (Å²) in [6.45, 7) is 4.25. The van der Waals surface area contributed by atoms with Crippen molar-refractivity contribution in [3.8, 4) is 0 Å². The molecule has 0 saturated heterocycles. The first-order chi connectivity index (χ1) is 5.59. The van der Waals surface area contributed by atoms with Crippen LogP contribution in [0.25, 0.3) is 0 Å². The first-order valence-corrected chi connectivity index (χ1v) is 4.31. The Hall–Kier alpha value is -0.610. The van der Waals surface area contributed by atoms with Crippen LogP contribution in [-0.2, 0) is 4.79 Å². The maximum absolute atomic E-state index is 11.0. The minimum Gasteiger partial charge on any atom is -0.382 e. The molecule has 0 saturated carbocycles. The van der Waals surface area contributed by atoms with Crippen LogP contribution >= 0.6 is 0 Å². The van der Waals surface area contributed by atoms with Gasteiger partial charge < -0.3 is 16.2 Å². The number of hydrogen-bond donors (Lipinski definition) is 3. The second kappa shape index (κ2) is 5.97. The van der Waals surface area contributed by atoms with Gasteiger partial charge in [-0.2, -0.15) is 0 Å². The number of nitrogens with two attached hydrogens (primary N) is 1. The molecule has 1 amide bonds. The molecule has 0 aromatic heterocycles. The molecular weight excluding hydrogens is 156 g/mol. The van der Waals surface area contributed by atoms with E-state index >= 15 is 0 Å². The Bertz CT molecular complexity index is 137. The van der Waals surface area contributed by atoms with Crippen LogP contribution in [-0.4, -0.2) is 29.7 Å². The summed E-state index contributed by atoms with van der Waals surface area (Å²) >= 11 is 0. The number of carbonyl (C=O) groups excluding carboxylic acids is 1. The fourth-order valence-electron chi connectivity index (χ4n) is 0.732. The fourth-order valence-corrected chi connectivity index (χ4v) is 0.732. The number of amides is 1. The van der Waals surface area contributed by atoms with Gasteiger partial charge in [-0.1, -0.05) is 13.3 Å². The van der Waals surface area contributed by atoms with Crippen LogP contribution in [0.5, 0.6) is 0 Å². The van der Waals surface area contributed by atoms with Gasteiger partial charge in [-0.3, -0.25) is 4.79 Å². The third kappa shape index (κ3) is 4.31. The minimum atomic E-state index is -1.08. The van der Waals surface area contributed by atoms with Crippen LogP contribution < -0.4 is 11.1 Å². The van der Waals surface area contributed by atoms with Crippen molar-refractivity contribution in [2.24, 2.45) is 5.73 Å². The summed E-state index contributed by atoms with van der Waals surface area (Å²) in [7, 11) is 0. The Morgan fingerprint density at radius 2 is 2.25 bits per heavy atom. The van der Waals surface area contributed by atoms with E-state index in [0.717, 1.165) is 12.8 Å². The monoisotopic (exact) mass is 174 g/mol. The lowest BCUT2D eigenvalue weighted by atomic mass is 10.2. The zero-order valence-corrected chi connectivity index (χ0v) is 7.71. The largest absolute Gasteiger partial charge is 0.382 e. The van der Waals surface area contributed by atoms with Gasteiger partial charge in [0.05, 0.1) is 0 Å². The Labute approximate surface area is 73.1 Å². The number of aliphatic hydroxyl groups is 1. The highest BCUT2D eigenvalue weighted by Gasteiger charge is 2.17. The summed E-state index contributed by atoms with van der Waals surface area (Å²) < 4.78 is 0. The van der Waals surface area contributed by atoms with E-state index in [1.165, 1.54) is 0 Å². The van der Waals surface area contributed by atoms with Gasteiger partial charge in [0, 0.05) is 12.6 Å². The summed E-state index contributed by atoms with van der Waals surface area (Å²) in [6.07, 6.45) is 0.869. The van der Waals surface area contributed by atoms with E-state index in [-0.39, 0.29) is 5.91 Å². The third-order valence-corrected chi connectivity index (χ3v) is 1.60. The second-order valence-electron chi connectivity index (χ2n) is 2.95. The van der Waals surface area contributed by atoms with Gasteiger partial charge in [0.15, 0.2) is 0 Å². The first-order valence-electron chi connectivity index (χ1n) is 4.31. The Morgan fingerprint density at radius 1 is 1.67 bits per heavy atom.